The van der Waals surface area contributed by atoms with E-state index in [2.05, 4.69) is 30.0 Å². The van der Waals surface area contributed by atoms with Crippen molar-refractivity contribution in [3.63, 3.8) is 0 Å². The van der Waals surface area contributed by atoms with Crippen LogP contribution >= 0.6 is 0 Å². The molecule has 166 valence electrons. The number of nitrogens with two attached hydrogens (primary N) is 1. The third kappa shape index (κ3) is 4.33. The third-order valence-corrected chi connectivity index (χ3v) is 4.05. The number of halogens is 6. The van der Waals surface area contributed by atoms with Crippen LogP contribution in [0.2, 0.25) is 0 Å². The van der Waals surface area contributed by atoms with Crippen LogP contribution in [0.1, 0.15) is 5.69 Å². The Labute approximate surface area is 174 Å². The number of hydrogen-bond donors (Lipinski definition) is 2. The quantitative estimate of drug-likeness (QED) is 0.433. The van der Waals surface area contributed by atoms with Gasteiger partial charge in [-0.1, -0.05) is 0 Å². The highest BCUT2D eigenvalue weighted by atomic mass is 19.4. The Bertz CT molecular complexity index is 1270. The van der Waals surface area contributed by atoms with Gasteiger partial charge in [-0.2, -0.15) is 36.9 Å². The van der Waals surface area contributed by atoms with Crippen LogP contribution in [-0.4, -0.2) is 30.9 Å². The molecule has 0 aliphatic heterocycles. The van der Waals surface area contributed by atoms with Gasteiger partial charge in [0.05, 0.1) is 0 Å². The summed E-state index contributed by atoms with van der Waals surface area (Å²) in [6.07, 6.45) is -4.09. The van der Waals surface area contributed by atoms with Crippen LogP contribution in [0.25, 0.3) is 17.2 Å². The van der Waals surface area contributed by atoms with E-state index in [1.54, 1.807) is 0 Å². The van der Waals surface area contributed by atoms with Gasteiger partial charge in [0.15, 0.2) is 11.5 Å². The molecule has 3 aromatic heterocycles. The van der Waals surface area contributed by atoms with Crippen LogP contribution in [0.5, 0.6) is 5.75 Å². The molecular weight excluding hydrogens is 444 g/mol. The fourth-order valence-electron chi connectivity index (χ4n) is 2.83. The second kappa shape index (κ2) is 7.86. The number of nitrogen functional groups attached to an aromatic ring is 1. The molecule has 0 saturated heterocycles. The zero-order valence-electron chi connectivity index (χ0n) is 15.6. The molecule has 4 aromatic rings. The van der Waals surface area contributed by atoms with Crippen LogP contribution in [0.3, 0.4) is 0 Å². The Morgan fingerprint density at radius 3 is 2.34 bits per heavy atom. The summed E-state index contributed by atoms with van der Waals surface area (Å²) >= 11 is 0. The van der Waals surface area contributed by atoms with Crippen LogP contribution < -0.4 is 15.8 Å². The Hall–Kier alpha value is -4.10. The van der Waals surface area contributed by atoms with Crippen molar-refractivity contribution in [3.05, 3.63) is 54.1 Å². The van der Waals surface area contributed by atoms with E-state index in [0.29, 0.717) is 5.69 Å². The molecule has 0 radical (unpaired) electrons. The van der Waals surface area contributed by atoms with Gasteiger partial charge in [0.1, 0.15) is 22.9 Å². The first-order valence-corrected chi connectivity index (χ1v) is 8.69. The monoisotopic (exact) mass is 455 g/mol. The number of imidazole rings is 1. The molecule has 32 heavy (non-hydrogen) atoms. The van der Waals surface area contributed by atoms with Crippen LogP contribution in [-0.2, 0) is 6.18 Å². The number of nitrogens with one attached hydrogen (secondary N) is 1. The Balaban J connectivity index is 1.76. The number of anilines is 3. The molecule has 0 saturated carbocycles. The zero-order valence-corrected chi connectivity index (χ0v) is 15.6. The number of alkyl halides is 5. The second-order valence-corrected chi connectivity index (χ2v) is 6.25. The summed E-state index contributed by atoms with van der Waals surface area (Å²) in [7, 11) is 0. The summed E-state index contributed by atoms with van der Waals surface area (Å²) in [6, 6.07) is 7.19. The average Bonchev–Trinajstić information content (AvgIpc) is 3.08. The van der Waals surface area contributed by atoms with E-state index in [0.717, 1.165) is 22.7 Å². The van der Waals surface area contributed by atoms with Gasteiger partial charge in [-0.15, -0.1) is 0 Å². The first-order valence-electron chi connectivity index (χ1n) is 8.69. The highest BCUT2D eigenvalue weighted by molar-refractivity contribution is 5.65. The molecule has 0 atom stereocenters. The summed E-state index contributed by atoms with van der Waals surface area (Å²) in [5.74, 6) is -2.09. The van der Waals surface area contributed by atoms with Gasteiger partial charge < -0.3 is 15.8 Å². The fourth-order valence-corrected chi connectivity index (χ4v) is 2.83. The summed E-state index contributed by atoms with van der Waals surface area (Å²) < 4.78 is 84.1. The molecular formula is C18H11F6N7O. The molecule has 0 bridgehead atoms. The Morgan fingerprint density at radius 1 is 0.969 bits per heavy atom. The van der Waals surface area contributed by atoms with E-state index >= 15 is 0 Å². The van der Waals surface area contributed by atoms with Gasteiger partial charge in [-0.25, -0.2) is 9.37 Å². The molecule has 4 rings (SSSR count). The van der Waals surface area contributed by atoms with Crippen molar-refractivity contribution >= 4 is 23.2 Å². The first kappa shape index (κ1) is 21.1. The minimum absolute atomic E-state index is 0.107. The molecule has 0 unspecified atom stereocenters. The topological polar surface area (TPSA) is 103 Å². The predicted octanol–water partition coefficient (Wildman–Crippen LogP) is 4.27. The Kier molecular flexibility index (Phi) is 5.20. The van der Waals surface area contributed by atoms with E-state index in [1.165, 1.54) is 24.3 Å². The van der Waals surface area contributed by atoms with E-state index in [9.17, 15) is 26.3 Å². The van der Waals surface area contributed by atoms with E-state index < -0.39 is 41.8 Å². The van der Waals surface area contributed by atoms with Gasteiger partial charge in [-0.3, -0.25) is 4.40 Å². The maximum absolute atomic E-state index is 13.7. The predicted molar refractivity (Wildman–Crippen MR) is 99.7 cm³/mol. The number of rotatable bonds is 5. The normalized spacial score (nSPS) is 11.8. The summed E-state index contributed by atoms with van der Waals surface area (Å²) in [6.45, 7) is -3.00. The van der Waals surface area contributed by atoms with Gasteiger partial charge in [0.25, 0.3) is 0 Å². The lowest BCUT2D eigenvalue weighted by Crippen LogP contribution is -2.11. The fraction of sp³-hybridized carbons (Fsp3) is 0.111. The second-order valence-electron chi connectivity index (χ2n) is 6.25. The van der Waals surface area contributed by atoms with Crippen molar-refractivity contribution in [1.29, 1.82) is 0 Å². The molecule has 0 aliphatic rings. The number of nitrogens with zero attached hydrogens (tertiary/aromatic N) is 5. The minimum Gasteiger partial charge on any atom is -0.435 e. The van der Waals surface area contributed by atoms with Crippen molar-refractivity contribution in [1.82, 2.24) is 24.3 Å². The number of ether oxygens (including phenoxy) is 1. The van der Waals surface area contributed by atoms with Crippen molar-refractivity contribution in [3.8, 4) is 17.3 Å². The Morgan fingerprint density at radius 2 is 1.69 bits per heavy atom. The zero-order chi connectivity index (χ0) is 23.0. The molecule has 0 spiro atoms. The van der Waals surface area contributed by atoms with Crippen molar-refractivity contribution in [2.75, 3.05) is 11.1 Å². The highest BCUT2D eigenvalue weighted by Crippen LogP contribution is 2.36. The number of hydrogen-bond acceptors (Lipinski definition) is 7. The van der Waals surface area contributed by atoms with Gasteiger partial charge >= 0.3 is 12.8 Å². The van der Waals surface area contributed by atoms with Crippen molar-refractivity contribution in [2.24, 2.45) is 0 Å². The lowest BCUT2D eigenvalue weighted by Gasteiger charge is -2.10. The minimum atomic E-state index is -4.90. The molecule has 0 fully saturated rings. The third-order valence-electron chi connectivity index (χ3n) is 4.05. The summed E-state index contributed by atoms with van der Waals surface area (Å²) in [5, 5.41) is 2.68. The first-order chi connectivity index (χ1) is 15.1. The number of aromatic nitrogens is 5. The van der Waals surface area contributed by atoms with Gasteiger partial charge in [0.2, 0.25) is 11.9 Å². The SMILES string of the molecule is Nc1nc(Nc2ccc(OC(F)F)cc2)nc(-c2c(C(F)(F)F)nc3ccc(F)cn23)n1. The van der Waals surface area contributed by atoms with Crippen LogP contribution in [0.4, 0.5) is 43.9 Å². The molecule has 0 amide bonds. The summed E-state index contributed by atoms with van der Waals surface area (Å²) in [5.41, 5.74) is 3.78. The largest absolute Gasteiger partial charge is 0.435 e. The van der Waals surface area contributed by atoms with E-state index in [4.69, 9.17) is 5.73 Å². The lowest BCUT2D eigenvalue weighted by molar-refractivity contribution is -0.140. The van der Waals surface area contributed by atoms with Crippen molar-refractivity contribution in [2.45, 2.75) is 12.8 Å². The summed E-state index contributed by atoms with van der Waals surface area (Å²) in [4.78, 5) is 15.0. The average molecular weight is 455 g/mol. The highest BCUT2D eigenvalue weighted by Gasteiger charge is 2.39. The molecule has 8 nitrogen and oxygen atoms in total. The van der Waals surface area contributed by atoms with Gasteiger partial charge in [-0.05, 0) is 36.4 Å². The molecule has 14 heteroatoms. The molecule has 3 N–H and O–H groups in total. The smallest absolute Gasteiger partial charge is 0.435 e. The van der Waals surface area contributed by atoms with Crippen LogP contribution in [0, 0.1) is 5.82 Å². The standard InChI is InChI=1S/C18H11F6N7O/c19-8-1-6-11-27-13(18(22,23)24)12(31(11)7-8)14-28-16(25)30-17(29-14)26-9-2-4-10(5-3-9)32-15(20)21/h1-7,15H,(H3,25,26,28,29,30). The van der Waals surface area contributed by atoms with Crippen molar-refractivity contribution < 1.29 is 31.1 Å². The molecule has 0 aliphatic carbocycles. The maximum atomic E-state index is 13.7. The van der Waals surface area contributed by atoms with Crippen LogP contribution in [0.15, 0.2) is 42.6 Å². The number of benzene rings is 1. The number of pyridine rings is 1. The molecule has 3 heterocycles. The van der Waals surface area contributed by atoms with E-state index in [-0.39, 0.29) is 17.3 Å². The maximum Gasteiger partial charge on any atom is 0.435 e. The lowest BCUT2D eigenvalue weighted by atomic mass is 10.3. The van der Waals surface area contributed by atoms with E-state index in [1.807, 2.05) is 0 Å². The number of fused-ring (bicyclic) bond motifs is 1. The molecule has 1 aromatic carbocycles. The van der Waals surface area contributed by atoms with Gasteiger partial charge in [0, 0.05) is 11.9 Å².